The van der Waals surface area contributed by atoms with Crippen molar-refractivity contribution in [1.82, 2.24) is 9.13 Å². The lowest BCUT2D eigenvalue weighted by atomic mass is 9.96. The average molecular weight is 636 g/mol. The third kappa shape index (κ3) is 4.31. The van der Waals surface area contributed by atoms with Crippen LogP contribution in [-0.4, -0.2) is 9.13 Å². The molecule has 0 aliphatic rings. The van der Waals surface area contributed by atoms with Crippen molar-refractivity contribution in [1.29, 1.82) is 15.8 Å². The molecule has 0 spiro atoms. The van der Waals surface area contributed by atoms with Crippen molar-refractivity contribution in [2.45, 2.75) is 0 Å². The highest BCUT2D eigenvalue weighted by atomic mass is 15.0. The Bertz CT molecular complexity index is 2970. The SMILES string of the molecule is N#Cc1cccc(-n2c3ccccc3c3cccc(-c4cccc(-c5cccc6c7cc(C#N)ccc7n(-c7ccccc7C#N)c56)c4)c32)c1. The van der Waals surface area contributed by atoms with E-state index in [1.54, 1.807) is 0 Å². The van der Waals surface area contributed by atoms with Crippen LogP contribution in [0.25, 0.3) is 77.2 Å². The van der Waals surface area contributed by atoms with Gasteiger partial charge in [0.2, 0.25) is 0 Å². The van der Waals surface area contributed by atoms with Gasteiger partial charge in [-0.15, -0.1) is 0 Å². The molecule has 0 fully saturated rings. The maximum atomic E-state index is 10.1. The molecule has 0 unspecified atom stereocenters. The average Bonchev–Trinajstić information content (AvgIpc) is 3.70. The Kier molecular flexibility index (Phi) is 6.56. The zero-order valence-corrected chi connectivity index (χ0v) is 26.7. The summed E-state index contributed by atoms with van der Waals surface area (Å²) < 4.78 is 4.42. The van der Waals surface area contributed by atoms with Gasteiger partial charge in [-0.25, -0.2) is 0 Å². The fourth-order valence-electron chi connectivity index (χ4n) is 7.47. The zero-order chi connectivity index (χ0) is 33.8. The van der Waals surface area contributed by atoms with Gasteiger partial charge in [0.1, 0.15) is 6.07 Å². The number of nitriles is 3. The van der Waals surface area contributed by atoms with Gasteiger partial charge in [0.25, 0.3) is 0 Å². The van der Waals surface area contributed by atoms with E-state index in [0.29, 0.717) is 16.7 Å². The number of hydrogen-bond acceptors (Lipinski definition) is 3. The largest absolute Gasteiger partial charge is 0.309 e. The molecule has 0 amide bonds. The molecule has 0 aliphatic heterocycles. The third-order valence-electron chi connectivity index (χ3n) is 9.59. The van der Waals surface area contributed by atoms with E-state index in [-0.39, 0.29) is 0 Å². The van der Waals surface area contributed by atoms with Crippen LogP contribution < -0.4 is 0 Å². The van der Waals surface area contributed by atoms with Crippen LogP contribution in [0.1, 0.15) is 16.7 Å². The van der Waals surface area contributed by atoms with E-state index in [1.807, 2.05) is 60.7 Å². The first-order valence-corrected chi connectivity index (χ1v) is 16.3. The maximum absolute atomic E-state index is 10.1. The molecule has 7 aromatic carbocycles. The van der Waals surface area contributed by atoms with Gasteiger partial charge in [-0.1, -0.05) is 91.0 Å². The highest BCUT2D eigenvalue weighted by Crippen LogP contribution is 2.42. The Labute approximate surface area is 287 Å². The summed E-state index contributed by atoms with van der Waals surface area (Å²) in [6, 6.07) is 57.8. The lowest BCUT2D eigenvalue weighted by molar-refractivity contribution is 1.17. The molecule has 230 valence electrons. The number of rotatable bonds is 4. The van der Waals surface area contributed by atoms with Gasteiger partial charge in [0.05, 0.1) is 56.6 Å². The molecule has 2 aromatic heterocycles. The summed E-state index contributed by atoms with van der Waals surface area (Å²) in [5.74, 6) is 0. The highest BCUT2D eigenvalue weighted by molar-refractivity contribution is 6.16. The van der Waals surface area contributed by atoms with Crippen molar-refractivity contribution < 1.29 is 0 Å². The highest BCUT2D eigenvalue weighted by Gasteiger charge is 2.20. The minimum Gasteiger partial charge on any atom is -0.309 e. The van der Waals surface area contributed by atoms with Gasteiger partial charge >= 0.3 is 0 Å². The van der Waals surface area contributed by atoms with Crippen molar-refractivity contribution in [3.63, 3.8) is 0 Å². The Morgan fingerprint density at radius 3 is 1.76 bits per heavy atom. The second kappa shape index (κ2) is 11.4. The topological polar surface area (TPSA) is 81.2 Å². The molecule has 0 aliphatic carbocycles. The molecule has 0 bridgehead atoms. The van der Waals surface area contributed by atoms with E-state index in [1.165, 1.54) is 0 Å². The predicted molar refractivity (Wildman–Crippen MR) is 200 cm³/mol. The van der Waals surface area contributed by atoms with Crippen molar-refractivity contribution >= 4 is 43.6 Å². The van der Waals surface area contributed by atoms with Crippen LogP contribution in [0.15, 0.2) is 152 Å². The van der Waals surface area contributed by atoms with Gasteiger partial charge in [0.15, 0.2) is 0 Å². The Morgan fingerprint density at radius 1 is 0.400 bits per heavy atom. The van der Waals surface area contributed by atoms with Crippen LogP contribution in [0.5, 0.6) is 0 Å². The van der Waals surface area contributed by atoms with Crippen LogP contribution in [0.2, 0.25) is 0 Å². The molecule has 5 heteroatoms. The molecule has 50 heavy (non-hydrogen) atoms. The first-order chi connectivity index (χ1) is 24.7. The second-order valence-electron chi connectivity index (χ2n) is 12.3. The molecule has 9 rings (SSSR count). The second-order valence-corrected chi connectivity index (χ2v) is 12.3. The van der Waals surface area contributed by atoms with Crippen LogP contribution in [0.4, 0.5) is 0 Å². The normalized spacial score (nSPS) is 11.1. The van der Waals surface area contributed by atoms with E-state index in [0.717, 1.165) is 77.2 Å². The van der Waals surface area contributed by atoms with Crippen molar-refractivity contribution in [2.24, 2.45) is 0 Å². The first-order valence-electron chi connectivity index (χ1n) is 16.3. The van der Waals surface area contributed by atoms with E-state index >= 15 is 0 Å². The minimum atomic E-state index is 0.569. The minimum absolute atomic E-state index is 0.569. The van der Waals surface area contributed by atoms with Crippen molar-refractivity contribution in [3.8, 4) is 51.8 Å². The number of para-hydroxylation sites is 4. The number of fused-ring (bicyclic) bond motifs is 6. The molecule has 0 saturated carbocycles. The third-order valence-corrected chi connectivity index (χ3v) is 9.59. The Hall–Kier alpha value is -7.39. The molecular weight excluding hydrogens is 611 g/mol. The van der Waals surface area contributed by atoms with Crippen molar-refractivity contribution in [2.75, 3.05) is 0 Å². The van der Waals surface area contributed by atoms with Crippen molar-refractivity contribution in [3.05, 3.63) is 168 Å². The van der Waals surface area contributed by atoms with Crippen LogP contribution in [0, 0.1) is 34.0 Å². The van der Waals surface area contributed by atoms with Gasteiger partial charge in [-0.3, -0.25) is 0 Å². The summed E-state index contributed by atoms with van der Waals surface area (Å²) in [7, 11) is 0. The maximum Gasteiger partial charge on any atom is 0.101 e. The van der Waals surface area contributed by atoms with Crippen LogP contribution in [-0.2, 0) is 0 Å². The standard InChI is InChI=1S/C45H25N5/c46-26-29-9-5-13-34(23-29)49-42-20-4-2-14-37(42)38-17-7-15-35(44(38)49)31-11-6-12-32(25-31)36-16-8-18-39-40-24-30(27-47)21-22-43(40)50(45(36)39)41-19-3-1-10-33(41)28-48/h1-25H. The molecule has 0 saturated heterocycles. The summed E-state index contributed by atoms with van der Waals surface area (Å²) in [6.07, 6.45) is 0. The molecule has 0 N–H and O–H groups in total. The Morgan fingerprint density at radius 2 is 1.00 bits per heavy atom. The molecule has 0 atom stereocenters. The van der Waals surface area contributed by atoms with E-state index in [2.05, 4.69) is 118 Å². The summed E-state index contributed by atoms with van der Waals surface area (Å²) in [5.41, 5.74) is 11.7. The lowest BCUT2D eigenvalue weighted by Gasteiger charge is -2.15. The number of nitrogens with zero attached hydrogens (tertiary/aromatic N) is 5. The number of hydrogen-bond donors (Lipinski definition) is 0. The van der Waals surface area contributed by atoms with E-state index in [4.69, 9.17) is 0 Å². The molecule has 9 aromatic rings. The monoisotopic (exact) mass is 635 g/mol. The molecule has 5 nitrogen and oxygen atoms in total. The molecule has 2 heterocycles. The summed E-state index contributed by atoms with van der Waals surface area (Å²) in [5, 5.41) is 33.9. The van der Waals surface area contributed by atoms with E-state index in [9.17, 15) is 15.8 Å². The van der Waals surface area contributed by atoms with Gasteiger partial charge < -0.3 is 9.13 Å². The fraction of sp³-hybridized carbons (Fsp3) is 0. The first kappa shape index (κ1) is 28.8. The van der Waals surface area contributed by atoms with Gasteiger partial charge in [0, 0.05) is 38.4 Å². The number of benzene rings is 7. The summed E-state index contributed by atoms with van der Waals surface area (Å²) in [4.78, 5) is 0. The van der Waals surface area contributed by atoms with Crippen LogP contribution >= 0.6 is 0 Å². The molecular formula is C45H25N5. The van der Waals surface area contributed by atoms with E-state index < -0.39 is 0 Å². The summed E-state index contributed by atoms with van der Waals surface area (Å²) >= 11 is 0. The molecule has 0 radical (unpaired) electrons. The van der Waals surface area contributed by atoms with Crippen LogP contribution in [0.3, 0.4) is 0 Å². The lowest BCUT2D eigenvalue weighted by Crippen LogP contribution is -1.98. The van der Waals surface area contributed by atoms with Gasteiger partial charge in [-0.05, 0) is 71.8 Å². The Balaban J connectivity index is 1.33. The summed E-state index contributed by atoms with van der Waals surface area (Å²) in [6.45, 7) is 0. The number of aromatic nitrogens is 2. The predicted octanol–water partition coefficient (Wildman–Crippen LogP) is 10.8. The van der Waals surface area contributed by atoms with Gasteiger partial charge in [-0.2, -0.15) is 15.8 Å². The zero-order valence-electron chi connectivity index (χ0n) is 26.7. The smallest absolute Gasteiger partial charge is 0.101 e. The fourth-order valence-corrected chi connectivity index (χ4v) is 7.47. The quantitative estimate of drug-likeness (QED) is 0.193.